The molecule has 1 aromatic rings. The molecular weight excluding hydrogens is 234 g/mol. The summed E-state index contributed by atoms with van der Waals surface area (Å²) in [6.45, 7) is 12.4. The van der Waals surface area contributed by atoms with Gasteiger partial charge in [0.15, 0.2) is 0 Å². The number of hydrogen-bond donors (Lipinski definition) is 1. The Morgan fingerprint density at radius 1 is 1.21 bits per heavy atom. The Balaban J connectivity index is 2.74. The zero-order valence-corrected chi connectivity index (χ0v) is 13.4. The lowest BCUT2D eigenvalue weighted by atomic mass is 9.75. The molecule has 2 nitrogen and oxygen atoms in total. The second-order valence-electron chi connectivity index (χ2n) is 6.87. The zero-order valence-electron chi connectivity index (χ0n) is 13.4. The Morgan fingerprint density at radius 2 is 1.95 bits per heavy atom. The predicted octanol–water partition coefficient (Wildman–Crippen LogP) is 4.80. The Morgan fingerprint density at radius 3 is 2.42 bits per heavy atom. The van der Waals surface area contributed by atoms with Crippen molar-refractivity contribution in [1.82, 2.24) is 5.32 Å². The Labute approximate surface area is 119 Å². The Bertz CT molecular complexity index is 337. The van der Waals surface area contributed by atoms with Crippen LogP contribution in [0.15, 0.2) is 23.0 Å². The lowest BCUT2D eigenvalue weighted by Crippen LogP contribution is -2.44. The maximum Gasteiger partial charge on any atom is 0.0934 e. The van der Waals surface area contributed by atoms with Crippen molar-refractivity contribution in [1.29, 1.82) is 0 Å². The molecule has 1 aromatic heterocycles. The first-order valence-corrected chi connectivity index (χ1v) is 7.67. The quantitative estimate of drug-likeness (QED) is 0.730. The van der Waals surface area contributed by atoms with Crippen molar-refractivity contribution >= 4 is 0 Å². The van der Waals surface area contributed by atoms with Crippen LogP contribution < -0.4 is 5.32 Å². The minimum Gasteiger partial charge on any atom is -0.472 e. The second kappa shape index (κ2) is 7.14. The van der Waals surface area contributed by atoms with Gasteiger partial charge >= 0.3 is 0 Å². The van der Waals surface area contributed by atoms with Crippen LogP contribution in [0.4, 0.5) is 0 Å². The van der Waals surface area contributed by atoms with Crippen LogP contribution in [-0.2, 0) is 6.42 Å². The Hall–Kier alpha value is -0.760. The van der Waals surface area contributed by atoms with Gasteiger partial charge in [-0.05, 0) is 57.1 Å². The molecular formula is C17H31NO. The van der Waals surface area contributed by atoms with Crippen molar-refractivity contribution in [3.8, 4) is 0 Å². The summed E-state index contributed by atoms with van der Waals surface area (Å²) in [6.07, 6.45) is 9.86. The monoisotopic (exact) mass is 265 g/mol. The highest BCUT2D eigenvalue weighted by Crippen LogP contribution is 2.33. The number of furan rings is 1. The summed E-state index contributed by atoms with van der Waals surface area (Å²) < 4.78 is 5.23. The summed E-state index contributed by atoms with van der Waals surface area (Å²) in [5.41, 5.74) is 1.87. The SMILES string of the molecule is CCCCC(CC)(CNC(C)(C)C)Cc1ccoc1. The van der Waals surface area contributed by atoms with Crippen LogP contribution in [0.5, 0.6) is 0 Å². The number of nitrogens with one attached hydrogen (secondary N) is 1. The normalized spacial score (nSPS) is 15.4. The van der Waals surface area contributed by atoms with Crippen LogP contribution >= 0.6 is 0 Å². The third kappa shape index (κ3) is 5.82. The van der Waals surface area contributed by atoms with Gasteiger partial charge in [0.2, 0.25) is 0 Å². The van der Waals surface area contributed by atoms with Crippen molar-refractivity contribution in [3.05, 3.63) is 24.2 Å². The van der Waals surface area contributed by atoms with E-state index in [2.05, 4.69) is 46.0 Å². The molecule has 0 aliphatic carbocycles. The molecule has 1 unspecified atom stereocenters. The van der Waals surface area contributed by atoms with Crippen LogP contribution in [-0.4, -0.2) is 12.1 Å². The van der Waals surface area contributed by atoms with Gasteiger partial charge in [-0.3, -0.25) is 0 Å². The van der Waals surface area contributed by atoms with Crippen molar-refractivity contribution in [2.45, 2.75) is 72.3 Å². The fourth-order valence-corrected chi connectivity index (χ4v) is 2.50. The maximum absolute atomic E-state index is 5.23. The summed E-state index contributed by atoms with van der Waals surface area (Å²) in [6, 6.07) is 2.10. The molecule has 0 saturated heterocycles. The molecule has 1 N–H and O–H groups in total. The van der Waals surface area contributed by atoms with E-state index in [0.717, 1.165) is 13.0 Å². The van der Waals surface area contributed by atoms with E-state index >= 15 is 0 Å². The van der Waals surface area contributed by atoms with E-state index in [-0.39, 0.29) is 5.54 Å². The van der Waals surface area contributed by atoms with Crippen LogP contribution in [0.25, 0.3) is 0 Å². The number of rotatable bonds is 8. The van der Waals surface area contributed by atoms with Crippen molar-refractivity contribution < 1.29 is 4.42 Å². The van der Waals surface area contributed by atoms with Crippen molar-refractivity contribution in [2.24, 2.45) is 5.41 Å². The van der Waals surface area contributed by atoms with Gasteiger partial charge in [-0.25, -0.2) is 0 Å². The van der Waals surface area contributed by atoms with E-state index in [4.69, 9.17) is 4.42 Å². The van der Waals surface area contributed by atoms with E-state index in [1.54, 1.807) is 6.26 Å². The summed E-state index contributed by atoms with van der Waals surface area (Å²) in [5.74, 6) is 0. The van der Waals surface area contributed by atoms with Crippen LogP contribution in [0.1, 0.15) is 65.9 Å². The summed E-state index contributed by atoms with van der Waals surface area (Å²) in [7, 11) is 0. The van der Waals surface area contributed by atoms with Crippen LogP contribution in [0.3, 0.4) is 0 Å². The van der Waals surface area contributed by atoms with Crippen molar-refractivity contribution in [2.75, 3.05) is 6.54 Å². The highest BCUT2D eigenvalue weighted by molar-refractivity contribution is 5.09. The molecule has 19 heavy (non-hydrogen) atoms. The summed E-state index contributed by atoms with van der Waals surface area (Å²) >= 11 is 0. The van der Waals surface area contributed by atoms with E-state index in [0.29, 0.717) is 5.41 Å². The Kier molecular flexibility index (Phi) is 6.12. The highest BCUT2D eigenvalue weighted by Gasteiger charge is 2.29. The van der Waals surface area contributed by atoms with Crippen LogP contribution in [0.2, 0.25) is 0 Å². The second-order valence-corrected chi connectivity index (χ2v) is 6.87. The molecule has 0 amide bonds. The minimum absolute atomic E-state index is 0.184. The smallest absolute Gasteiger partial charge is 0.0934 e. The number of unbranched alkanes of at least 4 members (excludes halogenated alkanes) is 1. The number of hydrogen-bond acceptors (Lipinski definition) is 2. The molecule has 0 aliphatic rings. The minimum atomic E-state index is 0.184. The summed E-state index contributed by atoms with van der Waals surface area (Å²) in [5, 5.41) is 3.70. The molecule has 0 radical (unpaired) electrons. The lowest BCUT2D eigenvalue weighted by molar-refractivity contribution is 0.206. The first-order chi connectivity index (χ1) is 8.91. The lowest BCUT2D eigenvalue weighted by Gasteiger charge is -2.36. The van der Waals surface area contributed by atoms with Gasteiger partial charge in [0, 0.05) is 12.1 Å². The van der Waals surface area contributed by atoms with Gasteiger partial charge in [0.1, 0.15) is 0 Å². The molecule has 0 fully saturated rings. The molecule has 110 valence electrons. The molecule has 0 aliphatic heterocycles. The molecule has 1 rings (SSSR count). The largest absolute Gasteiger partial charge is 0.472 e. The van der Waals surface area contributed by atoms with E-state index in [1.807, 2.05) is 6.26 Å². The molecule has 0 aromatic carbocycles. The molecule has 0 bridgehead atoms. The first kappa shape index (κ1) is 16.3. The average molecular weight is 265 g/mol. The van der Waals surface area contributed by atoms with Crippen LogP contribution in [0, 0.1) is 5.41 Å². The topological polar surface area (TPSA) is 25.2 Å². The average Bonchev–Trinajstić information content (AvgIpc) is 2.84. The van der Waals surface area contributed by atoms with Gasteiger partial charge in [0.05, 0.1) is 12.5 Å². The fraction of sp³-hybridized carbons (Fsp3) is 0.765. The third-order valence-corrected chi connectivity index (χ3v) is 3.96. The zero-order chi connectivity index (χ0) is 14.4. The van der Waals surface area contributed by atoms with E-state index in [9.17, 15) is 0 Å². The van der Waals surface area contributed by atoms with Crippen molar-refractivity contribution in [3.63, 3.8) is 0 Å². The molecule has 0 spiro atoms. The van der Waals surface area contributed by atoms with Gasteiger partial charge in [-0.2, -0.15) is 0 Å². The maximum atomic E-state index is 5.23. The van der Waals surface area contributed by atoms with Gasteiger partial charge in [0.25, 0.3) is 0 Å². The van der Waals surface area contributed by atoms with Gasteiger partial charge < -0.3 is 9.73 Å². The molecule has 2 heteroatoms. The fourth-order valence-electron chi connectivity index (χ4n) is 2.50. The first-order valence-electron chi connectivity index (χ1n) is 7.67. The highest BCUT2D eigenvalue weighted by atomic mass is 16.3. The third-order valence-electron chi connectivity index (χ3n) is 3.96. The van der Waals surface area contributed by atoms with Gasteiger partial charge in [-0.1, -0.05) is 26.7 Å². The molecule has 0 saturated carbocycles. The standard InChI is InChI=1S/C17H31NO/c1-6-8-10-17(7-2,14-18-16(3,4)5)12-15-9-11-19-13-15/h9,11,13,18H,6-8,10,12,14H2,1-5H3. The molecule has 1 atom stereocenters. The predicted molar refractivity (Wildman–Crippen MR) is 82.4 cm³/mol. The molecule has 1 heterocycles. The van der Waals surface area contributed by atoms with E-state index < -0.39 is 0 Å². The van der Waals surface area contributed by atoms with Gasteiger partial charge in [-0.15, -0.1) is 0 Å². The summed E-state index contributed by atoms with van der Waals surface area (Å²) in [4.78, 5) is 0. The van der Waals surface area contributed by atoms with E-state index in [1.165, 1.54) is 31.2 Å².